The van der Waals surface area contributed by atoms with Gasteiger partial charge in [-0.1, -0.05) is 37.3 Å². The Hall–Kier alpha value is -2.55. The molecular weight excluding hydrogens is 450 g/mol. The third-order valence-electron chi connectivity index (χ3n) is 7.43. The van der Waals surface area contributed by atoms with E-state index in [1.807, 2.05) is 0 Å². The van der Waals surface area contributed by atoms with Gasteiger partial charge in [-0.2, -0.15) is 0 Å². The Balaban J connectivity index is 1.44. The second kappa shape index (κ2) is 9.98. The van der Waals surface area contributed by atoms with Crippen LogP contribution in [-0.4, -0.2) is 80.5 Å². The number of likely N-dealkylation sites (N-methyl/N-ethyl adjacent to an activating group) is 1. The van der Waals surface area contributed by atoms with Crippen molar-refractivity contribution in [3.63, 3.8) is 0 Å². The largest absolute Gasteiger partial charge is 0.350 e. The molecule has 3 aromatic rings. The second-order valence-corrected chi connectivity index (χ2v) is 9.97. The van der Waals surface area contributed by atoms with Crippen molar-refractivity contribution in [2.45, 2.75) is 44.1 Å². The zero-order valence-electron chi connectivity index (χ0n) is 19.7. The summed E-state index contributed by atoms with van der Waals surface area (Å²) in [6, 6.07) is 3.47. The predicted molar refractivity (Wildman–Crippen MR) is 134 cm³/mol. The molecule has 8 nitrogen and oxygen atoms in total. The van der Waals surface area contributed by atoms with Crippen LogP contribution in [-0.2, 0) is 0 Å². The minimum Gasteiger partial charge on any atom is -0.350 e. The van der Waals surface area contributed by atoms with Gasteiger partial charge in [-0.15, -0.1) is 0 Å². The molecule has 1 saturated carbocycles. The summed E-state index contributed by atoms with van der Waals surface area (Å²) < 4.78 is 1.73. The summed E-state index contributed by atoms with van der Waals surface area (Å²) in [4.78, 5) is 31.8. The molecule has 0 spiro atoms. The van der Waals surface area contributed by atoms with E-state index in [2.05, 4.69) is 37.1 Å². The molecule has 0 unspecified atom stereocenters. The Morgan fingerprint density at radius 1 is 1.03 bits per heavy atom. The van der Waals surface area contributed by atoms with Crippen LogP contribution in [0.2, 0.25) is 5.02 Å². The van der Waals surface area contributed by atoms with E-state index in [9.17, 15) is 4.79 Å². The van der Waals surface area contributed by atoms with Gasteiger partial charge < -0.3 is 10.2 Å². The fourth-order valence-electron chi connectivity index (χ4n) is 5.47. The number of piperazine rings is 1. The van der Waals surface area contributed by atoms with E-state index in [1.165, 1.54) is 25.7 Å². The Bertz CT molecular complexity index is 1130. The fourth-order valence-corrected chi connectivity index (χ4v) is 5.71. The first-order valence-corrected chi connectivity index (χ1v) is 12.6. The predicted octanol–water partition coefficient (Wildman–Crippen LogP) is 3.54. The minimum absolute atomic E-state index is 0.0103. The third kappa shape index (κ3) is 4.54. The first-order chi connectivity index (χ1) is 16.6. The lowest BCUT2D eigenvalue weighted by atomic mass is 9.87. The van der Waals surface area contributed by atoms with Crippen LogP contribution in [0.1, 0.15) is 48.9 Å². The van der Waals surface area contributed by atoms with Crippen LogP contribution >= 0.6 is 11.6 Å². The Morgan fingerprint density at radius 3 is 2.44 bits per heavy atom. The molecule has 3 aromatic heterocycles. The molecule has 0 bridgehead atoms. The highest BCUT2D eigenvalue weighted by atomic mass is 35.5. The molecule has 9 heteroatoms. The van der Waals surface area contributed by atoms with Crippen LogP contribution in [0.4, 0.5) is 0 Å². The van der Waals surface area contributed by atoms with Crippen LogP contribution in [0.25, 0.3) is 17.0 Å². The van der Waals surface area contributed by atoms with Gasteiger partial charge in [-0.05, 0) is 32.0 Å². The van der Waals surface area contributed by atoms with Gasteiger partial charge in [-0.3, -0.25) is 14.3 Å². The van der Waals surface area contributed by atoms with Crippen molar-refractivity contribution in [1.82, 2.24) is 34.6 Å². The van der Waals surface area contributed by atoms with Crippen molar-refractivity contribution in [1.29, 1.82) is 0 Å². The standard InChI is InChI=1S/C25H32ClN7O/c1-31-13-15-32(16-14-31)25(8-4-2-3-5-9-25)18-30-23(34)19-17-33(24-28-10-6-11-29-24)22-21(19)20(26)7-12-27-22/h6-7,10-12,17H,2-5,8-9,13-16,18H2,1H3,(H,30,34). The molecule has 2 aliphatic rings. The van der Waals surface area contributed by atoms with Gasteiger partial charge in [-0.25, -0.2) is 15.0 Å². The average molecular weight is 482 g/mol. The molecule has 1 N–H and O–H groups in total. The number of hydrogen-bond donors (Lipinski definition) is 1. The summed E-state index contributed by atoms with van der Waals surface area (Å²) in [5, 5.41) is 4.42. The summed E-state index contributed by atoms with van der Waals surface area (Å²) in [5.41, 5.74) is 1.09. The molecule has 1 aliphatic heterocycles. The van der Waals surface area contributed by atoms with Crippen LogP contribution in [0.15, 0.2) is 36.9 Å². The lowest BCUT2D eigenvalue weighted by molar-refractivity contribution is 0.0276. The molecule has 180 valence electrons. The van der Waals surface area contributed by atoms with E-state index in [0.717, 1.165) is 39.0 Å². The monoisotopic (exact) mass is 481 g/mol. The quantitative estimate of drug-likeness (QED) is 0.561. The highest BCUT2D eigenvalue weighted by molar-refractivity contribution is 6.36. The van der Waals surface area contributed by atoms with Crippen molar-refractivity contribution < 1.29 is 4.79 Å². The summed E-state index contributed by atoms with van der Waals surface area (Å²) >= 11 is 6.55. The van der Waals surface area contributed by atoms with Gasteiger partial charge in [0.1, 0.15) is 5.65 Å². The van der Waals surface area contributed by atoms with Crippen molar-refractivity contribution in [2.75, 3.05) is 39.8 Å². The number of pyridine rings is 1. The van der Waals surface area contributed by atoms with Crippen molar-refractivity contribution in [3.8, 4) is 5.95 Å². The van der Waals surface area contributed by atoms with Crippen molar-refractivity contribution >= 4 is 28.5 Å². The molecule has 0 aromatic carbocycles. The van der Waals surface area contributed by atoms with E-state index in [1.54, 1.807) is 41.5 Å². The van der Waals surface area contributed by atoms with E-state index in [0.29, 0.717) is 34.1 Å². The number of hydrogen-bond acceptors (Lipinski definition) is 6. The maximum Gasteiger partial charge on any atom is 0.253 e. The molecule has 34 heavy (non-hydrogen) atoms. The first kappa shape index (κ1) is 23.2. The van der Waals surface area contributed by atoms with E-state index in [4.69, 9.17) is 11.6 Å². The number of amides is 1. The first-order valence-electron chi connectivity index (χ1n) is 12.2. The van der Waals surface area contributed by atoms with E-state index >= 15 is 0 Å². The fraction of sp³-hybridized carbons (Fsp3) is 0.520. The van der Waals surface area contributed by atoms with Gasteiger partial charge in [0.2, 0.25) is 5.95 Å². The number of carbonyl (C=O) groups is 1. The summed E-state index contributed by atoms with van der Waals surface area (Å²) in [7, 11) is 2.18. The second-order valence-electron chi connectivity index (χ2n) is 9.56. The lowest BCUT2D eigenvalue weighted by Crippen LogP contribution is -2.60. The molecule has 4 heterocycles. The summed E-state index contributed by atoms with van der Waals surface area (Å²) in [6.45, 7) is 4.88. The number of halogens is 1. The highest BCUT2D eigenvalue weighted by Crippen LogP contribution is 2.34. The molecular formula is C25H32ClN7O. The number of carbonyl (C=O) groups excluding carboxylic acids is 1. The van der Waals surface area contributed by atoms with Gasteiger partial charge in [0.05, 0.1) is 16.0 Å². The Kier molecular flexibility index (Phi) is 6.81. The molecule has 2 fully saturated rings. The van der Waals surface area contributed by atoms with Gasteiger partial charge >= 0.3 is 0 Å². The SMILES string of the molecule is CN1CCN(C2(CNC(=O)c3cn(-c4ncccn4)c4nccc(Cl)c34)CCCCCC2)CC1. The van der Waals surface area contributed by atoms with E-state index in [-0.39, 0.29) is 11.4 Å². The minimum atomic E-state index is -0.132. The molecule has 1 amide bonds. The van der Waals surface area contributed by atoms with Crippen molar-refractivity contribution in [3.05, 3.63) is 47.5 Å². The normalized spacial score (nSPS) is 19.7. The third-order valence-corrected chi connectivity index (χ3v) is 7.75. The molecule has 1 saturated heterocycles. The van der Waals surface area contributed by atoms with Gasteiger partial charge in [0.15, 0.2) is 0 Å². The van der Waals surface area contributed by atoms with E-state index < -0.39 is 0 Å². The number of rotatable bonds is 5. The van der Waals surface area contributed by atoms with Crippen LogP contribution in [0.3, 0.4) is 0 Å². The van der Waals surface area contributed by atoms with Crippen LogP contribution < -0.4 is 5.32 Å². The number of nitrogens with one attached hydrogen (secondary N) is 1. The molecule has 1 aliphatic carbocycles. The maximum absolute atomic E-state index is 13.6. The zero-order valence-corrected chi connectivity index (χ0v) is 20.5. The Labute approximate surface area is 205 Å². The summed E-state index contributed by atoms with van der Waals surface area (Å²) in [5.74, 6) is 0.325. The molecule has 0 radical (unpaired) electrons. The number of nitrogens with zero attached hydrogens (tertiary/aromatic N) is 6. The van der Waals surface area contributed by atoms with Crippen LogP contribution in [0, 0.1) is 0 Å². The average Bonchev–Trinajstić information content (AvgIpc) is 3.10. The van der Waals surface area contributed by atoms with Gasteiger partial charge in [0, 0.05) is 63.1 Å². The number of aromatic nitrogens is 4. The number of fused-ring (bicyclic) bond motifs is 1. The molecule has 5 rings (SSSR count). The maximum atomic E-state index is 13.6. The molecule has 0 atom stereocenters. The van der Waals surface area contributed by atoms with Gasteiger partial charge in [0.25, 0.3) is 5.91 Å². The van der Waals surface area contributed by atoms with Crippen molar-refractivity contribution in [2.24, 2.45) is 0 Å². The van der Waals surface area contributed by atoms with Crippen LogP contribution in [0.5, 0.6) is 0 Å². The smallest absolute Gasteiger partial charge is 0.253 e. The zero-order chi connectivity index (χ0) is 23.5. The highest BCUT2D eigenvalue weighted by Gasteiger charge is 2.38. The lowest BCUT2D eigenvalue weighted by Gasteiger charge is -2.47. The topological polar surface area (TPSA) is 79.2 Å². The Morgan fingerprint density at radius 2 is 1.74 bits per heavy atom. The summed E-state index contributed by atoms with van der Waals surface area (Å²) in [6.07, 6.45) is 14.0.